The van der Waals surface area contributed by atoms with E-state index in [0.29, 0.717) is 5.69 Å². The molecule has 0 spiro atoms. The van der Waals surface area contributed by atoms with Crippen molar-refractivity contribution < 1.29 is 57.6 Å². The zero-order valence-electron chi connectivity index (χ0n) is 29.5. The number of thiazole rings is 1. The number of anilines is 2. The molecule has 0 bridgehead atoms. The fourth-order valence-corrected chi connectivity index (χ4v) is 7.39. The maximum absolute atomic E-state index is 12.5. The third kappa shape index (κ3) is 16.1. The number of rotatable bonds is 19. The topological polar surface area (TPSA) is 279 Å². The van der Waals surface area contributed by atoms with Crippen LogP contribution in [0, 0.1) is 0 Å². The molecule has 0 radical (unpaired) electrons. The minimum atomic E-state index is -3.87. The van der Waals surface area contributed by atoms with Crippen molar-refractivity contribution in [3.63, 3.8) is 0 Å². The molecule has 22 heteroatoms. The molecule has 1 atom stereocenters. The summed E-state index contributed by atoms with van der Waals surface area (Å²) in [5.74, 6) is -5.34. The van der Waals surface area contributed by atoms with Crippen molar-refractivity contribution in [3.8, 4) is 0 Å². The van der Waals surface area contributed by atoms with Crippen LogP contribution < -0.4 is 15.4 Å². The van der Waals surface area contributed by atoms with Crippen LogP contribution in [0.25, 0.3) is 0 Å². The van der Waals surface area contributed by atoms with Gasteiger partial charge in [0, 0.05) is 89.0 Å². The van der Waals surface area contributed by atoms with Gasteiger partial charge < -0.3 is 31.1 Å². The highest BCUT2D eigenvalue weighted by Gasteiger charge is 2.28. The number of carbonyl (C=O) groups excluding carboxylic acids is 2. The summed E-state index contributed by atoms with van der Waals surface area (Å²) in [6, 6.07) is 4.42. The fourth-order valence-electron chi connectivity index (χ4n) is 5.60. The minimum Gasteiger partial charge on any atom is -0.480 e. The van der Waals surface area contributed by atoms with Crippen molar-refractivity contribution in [2.75, 3.05) is 88.6 Å². The lowest BCUT2D eigenvalue weighted by atomic mass is 10.1. The Labute approximate surface area is 315 Å². The van der Waals surface area contributed by atoms with Gasteiger partial charge in [0.05, 0.1) is 24.5 Å². The van der Waals surface area contributed by atoms with Gasteiger partial charge in [-0.25, -0.2) is 13.4 Å². The lowest BCUT2D eigenvalue weighted by molar-refractivity contribution is -0.145. The molecule has 20 nitrogen and oxygen atoms in total. The summed E-state index contributed by atoms with van der Waals surface area (Å²) in [5.41, 5.74) is 0.326. The van der Waals surface area contributed by atoms with Crippen LogP contribution >= 0.6 is 11.3 Å². The van der Waals surface area contributed by atoms with Crippen LogP contribution in [-0.4, -0.2) is 174 Å². The van der Waals surface area contributed by atoms with E-state index < -0.39 is 51.8 Å². The molecule has 7 N–H and O–H groups in total. The average Bonchev–Trinajstić information content (AvgIpc) is 3.59. The van der Waals surface area contributed by atoms with Gasteiger partial charge in [0.25, 0.3) is 10.0 Å². The first-order valence-corrected chi connectivity index (χ1v) is 19.4. The molecule has 0 saturated carbocycles. The molecule has 1 aromatic heterocycles. The second kappa shape index (κ2) is 21.8. The maximum atomic E-state index is 12.5. The van der Waals surface area contributed by atoms with Crippen LogP contribution in [0.2, 0.25) is 0 Å². The summed E-state index contributed by atoms with van der Waals surface area (Å²) in [6.45, 7) is 0.484. The Morgan fingerprint density at radius 3 is 1.70 bits per heavy atom. The molecule has 0 aliphatic carbocycles. The maximum Gasteiger partial charge on any atom is 0.320 e. The fraction of sp³-hybridized carbons (Fsp3) is 0.531. The van der Waals surface area contributed by atoms with E-state index in [4.69, 9.17) is 0 Å². The van der Waals surface area contributed by atoms with E-state index >= 15 is 0 Å². The predicted molar refractivity (Wildman–Crippen MR) is 195 cm³/mol. The monoisotopic (exact) mass is 798 g/mol. The smallest absolute Gasteiger partial charge is 0.320 e. The first-order chi connectivity index (χ1) is 25.6. The number of hydrogen-bond donors (Lipinski definition) is 7. The Balaban J connectivity index is 1.51. The predicted octanol–water partition coefficient (Wildman–Crippen LogP) is -0.512. The van der Waals surface area contributed by atoms with Gasteiger partial charge >= 0.3 is 23.9 Å². The van der Waals surface area contributed by atoms with Gasteiger partial charge in [-0.15, -0.1) is 11.3 Å². The summed E-state index contributed by atoms with van der Waals surface area (Å²) < 4.78 is 27.4. The molecule has 1 fully saturated rings. The molecule has 1 aliphatic heterocycles. The van der Waals surface area contributed by atoms with Gasteiger partial charge in [-0.3, -0.25) is 53.1 Å². The van der Waals surface area contributed by atoms with Gasteiger partial charge in [0.2, 0.25) is 11.8 Å². The second-order valence-corrected chi connectivity index (χ2v) is 15.0. The molecular formula is C32H46N8O12S2. The number of carbonyl (C=O) groups is 6. The number of nitrogens with zero attached hydrogens (tertiary/aromatic N) is 5. The standard InChI is InChI=1S/C32H46N8O12S2/c41-26(7-8-27(42)35-23-3-5-24(6-4-23)54(51,52)36-32-34-10-19-53-32)33-9-1-2-25(31(49)50)40-17-15-38(21-29(45)46)13-11-37(20-28(43)44)12-14-39(16-18-40)22-30(47)48/h3-6,10,19,25H,1-2,7-9,11-18,20-22H2,(H,33,41)(H,34,36)(H,35,42)(H,43,44)(H,45,46)(H,47,48)(H,49,50). The van der Waals surface area contributed by atoms with E-state index in [1.807, 2.05) is 0 Å². The quantitative estimate of drug-likeness (QED) is 0.0881. The largest absolute Gasteiger partial charge is 0.480 e. The third-order valence-corrected chi connectivity index (χ3v) is 10.5. The summed E-state index contributed by atoms with van der Waals surface area (Å²) in [4.78, 5) is 82.2. The van der Waals surface area contributed by atoms with Crippen molar-refractivity contribution in [3.05, 3.63) is 35.8 Å². The van der Waals surface area contributed by atoms with Gasteiger partial charge in [-0.05, 0) is 37.1 Å². The number of hydrogen-bond acceptors (Lipinski definition) is 14. The first kappa shape index (κ1) is 43.7. The second-order valence-electron chi connectivity index (χ2n) is 12.4. The number of benzene rings is 1. The van der Waals surface area contributed by atoms with E-state index in [0.717, 1.165) is 11.3 Å². The third-order valence-electron chi connectivity index (χ3n) is 8.33. The van der Waals surface area contributed by atoms with E-state index in [1.165, 1.54) is 30.5 Å². The summed E-state index contributed by atoms with van der Waals surface area (Å²) >= 11 is 1.12. The molecule has 1 aromatic carbocycles. The summed E-state index contributed by atoms with van der Waals surface area (Å²) in [5, 5.41) is 45.5. The summed E-state index contributed by atoms with van der Waals surface area (Å²) in [7, 11) is -3.87. The molecule has 3 rings (SSSR count). The molecule has 2 amide bonds. The highest BCUT2D eigenvalue weighted by molar-refractivity contribution is 7.93. The number of carboxylic acid groups (broad SMARTS) is 4. The minimum absolute atomic E-state index is 0.0327. The number of amides is 2. The SMILES string of the molecule is O=C(O)CN1CCN(CC(=O)O)CCN(C(CCCNC(=O)CCC(=O)Nc2ccc(S(=O)(=O)Nc3nccs3)cc2)C(=O)O)CCN(CC(=O)O)CC1. The van der Waals surface area contributed by atoms with Crippen LogP contribution in [-0.2, 0) is 38.8 Å². The highest BCUT2D eigenvalue weighted by Crippen LogP contribution is 2.20. The Kier molecular flexibility index (Phi) is 17.7. The van der Waals surface area contributed by atoms with Gasteiger partial charge in [-0.2, -0.15) is 0 Å². The molecule has 54 heavy (non-hydrogen) atoms. The van der Waals surface area contributed by atoms with Gasteiger partial charge in [0.15, 0.2) is 5.13 Å². The van der Waals surface area contributed by atoms with E-state index in [1.54, 1.807) is 25.0 Å². The number of sulfonamides is 1. The van der Waals surface area contributed by atoms with E-state index in [2.05, 4.69) is 20.3 Å². The molecule has 1 saturated heterocycles. The van der Waals surface area contributed by atoms with Crippen LogP contribution in [0.15, 0.2) is 40.7 Å². The van der Waals surface area contributed by atoms with Crippen LogP contribution in [0.4, 0.5) is 10.8 Å². The number of carboxylic acids is 4. The Bertz CT molecular complexity index is 1650. The highest BCUT2D eigenvalue weighted by atomic mass is 32.2. The molecule has 2 aromatic rings. The Morgan fingerprint density at radius 1 is 0.741 bits per heavy atom. The van der Waals surface area contributed by atoms with Crippen molar-refractivity contribution >= 4 is 67.9 Å². The Morgan fingerprint density at radius 2 is 1.24 bits per heavy atom. The number of aromatic nitrogens is 1. The molecule has 298 valence electrons. The normalized spacial score (nSPS) is 16.3. The zero-order chi connectivity index (χ0) is 39.7. The first-order valence-electron chi connectivity index (χ1n) is 17.0. The molecular weight excluding hydrogens is 753 g/mol. The van der Waals surface area contributed by atoms with Crippen molar-refractivity contribution in [1.82, 2.24) is 29.9 Å². The van der Waals surface area contributed by atoms with Crippen molar-refractivity contribution in [1.29, 1.82) is 0 Å². The van der Waals surface area contributed by atoms with Crippen molar-refractivity contribution in [2.45, 2.75) is 36.6 Å². The lowest BCUT2D eigenvalue weighted by Crippen LogP contribution is -2.51. The Hall–Kier alpha value is -4.74. The lowest BCUT2D eigenvalue weighted by Gasteiger charge is -2.35. The summed E-state index contributed by atoms with van der Waals surface area (Å²) in [6.07, 6.45) is 1.48. The van der Waals surface area contributed by atoms with E-state index in [9.17, 15) is 57.6 Å². The van der Waals surface area contributed by atoms with E-state index in [-0.39, 0.29) is 114 Å². The molecule has 2 heterocycles. The average molecular weight is 799 g/mol. The van der Waals surface area contributed by atoms with Crippen molar-refractivity contribution in [2.24, 2.45) is 0 Å². The van der Waals surface area contributed by atoms with Crippen LogP contribution in [0.5, 0.6) is 0 Å². The molecule has 1 aliphatic rings. The van der Waals surface area contributed by atoms with Crippen LogP contribution in [0.1, 0.15) is 25.7 Å². The van der Waals surface area contributed by atoms with Gasteiger partial charge in [-0.1, -0.05) is 0 Å². The number of aliphatic carboxylic acids is 4. The molecule has 1 unspecified atom stereocenters. The number of nitrogens with one attached hydrogen (secondary N) is 3. The zero-order valence-corrected chi connectivity index (χ0v) is 31.1. The van der Waals surface area contributed by atoms with Crippen LogP contribution in [0.3, 0.4) is 0 Å². The van der Waals surface area contributed by atoms with Gasteiger partial charge in [0.1, 0.15) is 6.04 Å².